The minimum atomic E-state index is 0.598. The normalized spacial score (nSPS) is 12.0. The smallest absolute Gasteiger partial charge is 0.190 e. The molecule has 1 aromatic heterocycles. The lowest BCUT2D eigenvalue weighted by Crippen LogP contribution is -2.39. The molecule has 0 fully saturated rings. The monoisotopic (exact) mass is 326 g/mol. The van der Waals surface area contributed by atoms with E-state index >= 15 is 0 Å². The number of hydrogen-bond donors (Lipinski definition) is 2. The molecule has 1 heterocycles. The Kier molecular flexibility index (Phi) is 9.08. The highest BCUT2D eigenvalue weighted by Crippen LogP contribution is 2.16. The molecule has 2 N–H and O–H groups in total. The third-order valence-corrected chi connectivity index (χ3v) is 4.21. The number of aliphatic imine (C=N–C) groups is 1. The van der Waals surface area contributed by atoms with Crippen molar-refractivity contribution in [3.8, 4) is 0 Å². The van der Waals surface area contributed by atoms with Crippen LogP contribution in [-0.2, 0) is 11.2 Å². The van der Waals surface area contributed by atoms with Gasteiger partial charge in [0.1, 0.15) is 0 Å². The fourth-order valence-electron chi connectivity index (χ4n) is 2.02. The molecule has 5 nitrogen and oxygen atoms in total. The van der Waals surface area contributed by atoms with Gasteiger partial charge < -0.3 is 15.4 Å². The summed E-state index contributed by atoms with van der Waals surface area (Å²) in [5.41, 5.74) is 1.15. The van der Waals surface area contributed by atoms with Crippen molar-refractivity contribution in [3.05, 3.63) is 15.6 Å². The van der Waals surface area contributed by atoms with Crippen molar-refractivity contribution in [3.63, 3.8) is 0 Å². The molecule has 0 spiro atoms. The van der Waals surface area contributed by atoms with Gasteiger partial charge in [-0.15, -0.1) is 11.3 Å². The number of hydrogen-bond acceptors (Lipinski definition) is 4. The van der Waals surface area contributed by atoms with E-state index in [0.717, 1.165) is 55.8 Å². The van der Waals surface area contributed by atoms with Crippen LogP contribution in [0.25, 0.3) is 0 Å². The number of aromatic nitrogens is 1. The van der Waals surface area contributed by atoms with E-state index in [1.54, 1.807) is 18.4 Å². The zero-order valence-electron chi connectivity index (χ0n) is 14.5. The fraction of sp³-hybridized carbons (Fsp3) is 0.750. The van der Waals surface area contributed by atoms with Gasteiger partial charge in [0, 0.05) is 44.6 Å². The van der Waals surface area contributed by atoms with Crippen molar-refractivity contribution in [1.82, 2.24) is 15.6 Å². The Morgan fingerprint density at radius 3 is 2.59 bits per heavy atom. The maximum Gasteiger partial charge on any atom is 0.190 e. The highest BCUT2D eigenvalue weighted by molar-refractivity contribution is 7.11. The molecule has 0 aliphatic carbocycles. The van der Waals surface area contributed by atoms with Gasteiger partial charge >= 0.3 is 0 Å². The third kappa shape index (κ3) is 7.75. The summed E-state index contributed by atoms with van der Waals surface area (Å²) in [5, 5.41) is 7.79. The molecule has 0 unspecified atom stereocenters. The van der Waals surface area contributed by atoms with E-state index in [0.29, 0.717) is 5.92 Å². The molecule has 0 amide bonds. The van der Waals surface area contributed by atoms with Crippen LogP contribution in [0.2, 0.25) is 0 Å². The quantitative estimate of drug-likeness (QED) is 0.416. The Balaban J connectivity index is 2.13. The molecular formula is C16H30N4OS. The molecule has 0 aromatic carbocycles. The fourth-order valence-corrected chi connectivity index (χ4v) is 2.96. The summed E-state index contributed by atoms with van der Waals surface area (Å²) in [6, 6.07) is 0. The second-order valence-electron chi connectivity index (χ2n) is 5.74. The number of rotatable bonds is 9. The summed E-state index contributed by atoms with van der Waals surface area (Å²) in [7, 11) is 1.80. The molecule has 0 aliphatic rings. The lowest BCUT2D eigenvalue weighted by molar-refractivity contribution is 0.108. The van der Waals surface area contributed by atoms with Crippen molar-refractivity contribution in [2.75, 3.05) is 33.4 Å². The summed E-state index contributed by atoms with van der Waals surface area (Å²) in [6.45, 7) is 11.8. The van der Waals surface area contributed by atoms with Crippen molar-refractivity contribution in [2.45, 2.75) is 40.5 Å². The van der Waals surface area contributed by atoms with Crippen LogP contribution in [0, 0.1) is 19.8 Å². The summed E-state index contributed by atoms with van der Waals surface area (Å²) in [6.07, 6.45) is 1.97. The molecule has 1 aromatic rings. The van der Waals surface area contributed by atoms with E-state index in [-0.39, 0.29) is 0 Å². The van der Waals surface area contributed by atoms with Gasteiger partial charge in [-0.2, -0.15) is 0 Å². The highest BCUT2D eigenvalue weighted by Gasteiger charge is 2.05. The van der Waals surface area contributed by atoms with Crippen LogP contribution in [-0.4, -0.2) is 44.3 Å². The first kappa shape index (κ1) is 18.9. The molecule has 0 atom stereocenters. The first-order chi connectivity index (χ1) is 10.5. The first-order valence-electron chi connectivity index (χ1n) is 7.98. The van der Waals surface area contributed by atoms with Gasteiger partial charge in [0.15, 0.2) is 5.96 Å². The molecular weight excluding hydrogens is 296 g/mol. The number of guanidine groups is 1. The van der Waals surface area contributed by atoms with Gasteiger partial charge in [-0.3, -0.25) is 4.99 Å². The van der Waals surface area contributed by atoms with E-state index in [1.807, 2.05) is 0 Å². The molecule has 22 heavy (non-hydrogen) atoms. The van der Waals surface area contributed by atoms with E-state index in [9.17, 15) is 0 Å². The Hall–Kier alpha value is -1.14. The van der Waals surface area contributed by atoms with E-state index in [2.05, 4.69) is 48.3 Å². The summed E-state index contributed by atoms with van der Waals surface area (Å²) in [5.74, 6) is 1.45. The van der Waals surface area contributed by atoms with Crippen molar-refractivity contribution >= 4 is 17.3 Å². The topological polar surface area (TPSA) is 58.5 Å². The molecule has 0 aliphatic heterocycles. The summed E-state index contributed by atoms with van der Waals surface area (Å²) in [4.78, 5) is 10.0. The van der Waals surface area contributed by atoms with Crippen molar-refractivity contribution < 1.29 is 4.74 Å². The highest BCUT2D eigenvalue weighted by atomic mass is 32.1. The van der Waals surface area contributed by atoms with Crippen LogP contribution in [0.15, 0.2) is 4.99 Å². The number of aryl methyl sites for hydroxylation is 2. The van der Waals surface area contributed by atoms with Gasteiger partial charge in [-0.1, -0.05) is 13.8 Å². The van der Waals surface area contributed by atoms with Gasteiger partial charge in [-0.05, 0) is 26.2 Å². The Morgan fingerprint density at radius 2 is 2.00 bits per heavy atom. The Morgan fingerprint density at radius 1 is 1.27 bits per heavy atom. The average molecular weight is 327 g/mol. The summed E-state index contributed by atoms with van der Waals surface area (Å²) >= 11 is 1.77. The maximum absolute atomic E-state index is 5.56. The van der Waals surface area contributed by atoms with Crippen LogP contribution in [0.5, 0.6) is 0 Å². The SMILES string of the molecule is CN=C(NCCCOCC(C)C)NCCc1sc(C)nc1C. The van der Waals surface area contributed by atoms with Crippen LogP contribution in [0.4, 0.5) is 0 Å². The van der Waals surface area contributed by atoms with Gasteiger partial charge in [-0.25, -0.2) is 4.98 Å². The number of nitrogens with zero attached hydrogens (tertiary/aromatic N) is 2. The van der Waals surface area contributed by atoms with Crippen LogP contribution >= 0.6 is 11.3 Å². The van der Waals surface area contributed by atoms with Crippen LogP contribution < -0.4 is 10.6 Å². The van der Waals surface area contributed by atoms with Gasteiger partial charge in [0.25, 0.3) is 0 Å². The number of ether oxygens (including phenoxy) is 1. The largest absolute Gasteiger partial charge is 0.381 e. The van der Waals surface area contributed by atoms with Gasteiger partial charge in [0.05, 0.1) is 10.7 Å². The maximum atomic E-state index is 5.56. The molecule has 0 saturated carbocycles. The van der Waals surface area contributed by atoms with E-state index in [1.165, 1.54) is 4.88 Å². The Labute approximate surface area is 138 Å². The van der Waals surface area contributed by atoms with E-state index in [4.69, 9.17) is 4.74 Å². The minimum Gasteiger partial charge on any atom is -0.381 e. The van der Waals surface area contributed by atoms with Crippen LogP contribution in [0.3, 0.4) is 0 Å². The zero-order chi connectivity index (χ0) is 16.4. The molecule has 1 rings (SSSR count). The summed E-state index contributed by atoms with van der Waals surface area (Å²) < 4.78 is 5.56. The second kappa shape index (κ2) is 10.6. The predicted molar refractivity (Wildman–Crippen MR) is 94.9 cm³/mol. The molecule has 0 bridgehead atoms. The van der Waals surface area contributed by atoms with E-state index < -0.39 is 0 Å². The average Bonchev–Trinajstić information content (AvgIpc) is 2.78. The third-order valence-electron chi connectivity index (χ3n) is 3.08. The molecule has 0 saturated heterocycles. The van der Waals surface area contributed by atoms with Crippen molar-refractivity contribution in [2.24, 2.45) is 10.9 Å². The predicted octanol–water partition coefficient (Wildman–Crippen LogP) is 2.53. The first-order valence-corrected chi connectivity index (χ1v) is 8.79. The molecule has 0 radical (unpaired) electrons. The van der Waals surface area contributed by atoms with Gasteiger partial charge in [0.2, 0.25) is 0 Å². The Bertz CT molecular complexity index is 457. The van der Waals surface area contributed by atoms with Crippen molar-refractivity contribution in [1.29, 1.82) is 0 Å². The lowest BCUT2D eigenvalue weighted by atomic mass is 10.2. The second-order valence-corrected chi connectivity index (χ2v) is 7.03. The zero-order valence-corrected chi connectivity index (χ0v) is 15.3. The molecule has 126 valence electrons. The lowest BCUT2D eigenvalue weighted by Gasteiger charge is -2.12. The number of thiazole rings is 1. The standard InChI is InChI=1S/C16H30N4OS/c1-12(2)11-21-10-6-8-18-16(17-5)19-9-7-15-13(3)20-14(4)22-15/h12H,6-11H2,1-5H3,(H2,17,18,19). The number of nitrogens with one attached hydrogen (secondary N) is 2. The molecule has 6 heteroatoms. The minimum absolute atomic E-state index is 0.598. The van der Waals surface area contributed by atoms with Crippen LogP contribution in [0.1, 0.15) is 35.8 Å².